The van der Waals surface area contributed by atoms with Gasteiger partial charge >= 0.3 is 5.97 Å². The molecule has 10 heteroatoms. The van der Waals surface area contributed by atoms with Gasteiger partial charge in [-0.3, -0.25) is 9.59 Å². The molecule has 1 aliphatic carbocycles. The van der Waals surface area contributed by atoms with E-state index in [1.165, 1.54) is 14.2 Å². The summed E-state index contributed by atoms with van der Waals surface area (Å²) in [4.78, 5) is 33.9. The summed E-state index contributed by atoms with van der Waals surface area (Å²) in [5.41, 5.74) is -2.29. The minimum absolute atomic E-state index is 0.0592. The molecule has 0 saturated carbocycles. The van der Waals surface area contributed by atoms with Crippen LogP contribution in [0.15, 0.2) is 71.5 Å². The maximum Gasteiger partial charge on any atom is 0.313 e. The van der Waals surface area contributed by atoms with Gasteiger partial charge in [0.15, 0.2) is 11.2 Å². The molecule has 0 spiro atoms. The molecule has 0 bridgehead atoms. The Kier molecular flexibility index (Phi) is 6.65. The second kappa shape index (κ2) is 10.2. The van der Waals surface area contributed by atoms with Crippen molar-refractivity contribution in [1.29, 1.82) is 0 Å². The molecule has 0 fully saturated rings. The van der Waals surface area contributed by atoms with Crippen LogP contribution < -0.4 is 24.5 Å². The number of aromatic nitrogens is 2. The molecular weight excluding hydrogens is 540 g/mol. The topological polar surface area (TPSA) is 129 Å². The fourth-order valence-electron chi connectivity index (χ4n) is 6.31. The molecular formula is C32H30N2O8. The van der Waals surface area contributed by atoms with Gasteiger partial charge in [-0.1, -0.05) is 42.5 Å². The minimum atomic E-state index is -2.04. The number of nitrogens with zero attached hydrogens (tertiary/aromatic N) is 1. The van der Waals surface area contributed by atoms with Crippen molar-refractivity contribution < 1.29 is 33.6 Å². The Hall–Kier alpha value is -4.83. The van der Waals surface area contributed by atoms with E-state index in [2.05, 4.69) is 4.98 Å². The first-order chi connectivity index (χ1) is 20.3. The second-order valence-electron chi connectivity index (χ2n) is 10.1. The Morgan fingerprint density at radius 1 is 1.00 bits per heavy atom. The molecule has 1 aliphatic heterocycles. The third-order valence-electron chi connectivity index (χ3n) is 7.98. The smallest absolute Gasteiger partial charge is 0.313 e. The summed E-state index contributed by atoms with van der Waals surface area (Å²) in [5, 5.41) is 13.3. The Morgan fingerprint density at radius 3 is 2.36 bits per heavy atom. The van der Waals surface area contributed by atoms with Crippen LogP contribution >= 0.6 is 0 Å². The van der Waals surface area contributed by atoms with E-state index >= 15 is 0 Å². The summed E-state index contributed by atoms with van der Waals surface area (Å²) in [6.45, 7) is 1.87. The van der Waals surface area contributed by atoms with Gasteiger partial charge in [0, 0.05) is 17.7 Å². The normalized spacial score (nSPS) is 21.5. The van der Waals surface area contributed by atoms with Gasteiger partial charge in [0.05, 0.1) is 50.7 Å². The van der Waals surface area contributed by atoms with Crippen LogP contribution in [0.5, 0.6) is 23.0 Å². The predicted molar refractivity (Wildman–Crippen MR) is 151 cm³/mol. The largest absolute Gasteiger partial charge is 0.497 e. The summed E-state index contributed by atoms with van der Waals surface area (Å²) < 4.78 is 28.7. The molecule has 2 aliphatic rings. The van der Waals surface area contributed by atoms with E-state index < -0.39 is 28.6 Å². The van der Waals surface area contributed by atoms with E-state index in [4.69, 9.17) is 28.7 Å². The van der Waals surface area contributed by atoms with Crippen LogP contribution in [0.2, 0.25) is 0 Å². The van der Waals surface area contributed by atoms with Gasteiger partial charge in [0.25, 0.3) is 5.56 Å². The quantitative estimate of drug-likeness (QED) is 0.306. The lowest BCUT2D eigenvalue weighted by atomic mass is 9.70. The number of esters is 1. The zero-order valence-electron chi connectivity index (χ0n) is 23.6. The zero-order chi connectivity index (χ0) is 29.6. The number of fused-ring (bicyclic) bond motifs is 5. The van der Waals surface area contributed by atoms with Crippen molar-refractivity contribution in [2.24, 2.45) is 0 Å². The Morgan fingerprint density at radius 2 is 1.71 bits per heavy atom. The first-order valence-electron chi connectivity index (χ1n) is 13.5. The highest BCUT2D eigenvalue weighted by molar-refractivity contribution is 5.72. The number of rotatable bonds is 8. The standard InChI is InChI=1S/C32H30N2O8/c1-5-41-25(35)17-24-33-29-26(30(36)34-24)27(18-9-7-6-8-10-18)32(19-11-13-20(38-2)14-12-19)31(29,37)28-22(40-4)15-21(39-3)16-23(28)42-32/h6-16,27,37H,5,17H2,1-4H3,(H,33,34,36)/t27-,31+,32+/m1/s1. The number of aromatic amines is 1. The molecule has 2 N–H and O–H groups in total. The summed E-state index contributed by atoms with van der Waals surface area (Å²) in [6, 6.07) is 19.8. The number of methoxy groups -OCH3 is 3. The van der Waals surface area contributed by atoms with Gasteiger partial charge in [-0.05, 0) is 24.6 Å². The van der Waals surface area contributed by atoms with E-state index in [0.717, 1.165) is 5.56 Å². The predicted octanol–water partition coefficient (Wildman–Crippen LogP) is 3.57. The van der Waals surface area contributed by atoms with Gasteiger partial charge < -0.3 is 33.8 Å². The molecule has 1 aromatic heterocycles. The van der Waals surface area contributed by atoms with Crippen molar-refractivity contribution >= 4 is 5.97 Å². The van der Waals surface area contributed by atoms with Crippen LogP contribution in [0.1, 0.15) is 46.6 Å². The summed E-state index contributed by atoms with van der Waals surface area (Å²) in [6.07, 6.45) is -0.286. The number of H-pyrrole nitrogens is 1. The number of nitrogens with one attached hydrogen (secondary N) is 1. The molecule has 216 valence electrons. The van der Waals surface area contributed by atoms with Crippen LogP contribution in [0, 0.1) is 0 Å². The number of aliphatic hydroxyl groups is 1. The van der Waals surface area contributed by atoms with E-state index in [1.54, 1.807) is 50.4 Å². The van der Waals surface area contributed by atoms with Gasteiger partial charge in [-0.15, -0.1) is 0 Å². The lowest BCUT2D eigenvalue weighted by Crippen LogP contribution is -2.49. The summed E-state index contributed by atoms with van der Waals surface area (Å²) in [7, 11) is 4.57. The Balaban J connectivity index is 1.73. The molecule has 0 unspecified atom stereocenters. The lowest BCUT2D eigenvalue weighted by molar-refractivity contribution is -0.142. The molecule has 6 rings (SSSR count). The number of carbonyl (C=O) groups excluding carboxylic acids is 1. The Bertz CT molecular complexity index is 1720. The van der Waals surface area contributed by atoms with Gasteiger partial charge in [0.2, 0.25) is 0 Å². The number of hydrogen-bond donors (Lipinski definition) is 2. The number of carbonyl (C=O) groups is 1. The molecule has 0 amide bonds. The number of ether oxygens (including phenoxy) is 5. The van der Waals surface area contributed by atoms with E-state index in [0.29, 0.717) is 28.4 Å². The first-order valence-corrected chi connectivity index (χ1v) is 13.5. The molecule has 3 atom stereocenters. The van der Waals surface area contributed by atoms with Crippen LogP contribution in [-0.4, -0.2) is 49.0 Å². The zero-order valence-corrected chi connectivity index (χ0v) is 23.6. The molecule has 10 nitrogen and oxygen atoms in total. The molecule has 42 heavy (non-hydrogen) atoms. The monoisotopic (exact) mass is 570 g/mol. The van der Waals surface area contributed by atoms with Crippen LogP contribution in [0.4, 0.5) is 0 Å². The van der Waals surface area contributed by atoms with Crippen molar-refractivity contribution in [2.75, 3.05) is 27.9 Å². The molecule has 3 aromatic carbocycles. The highest BCUT2D eigenvalue weighted by Crippen LogP contribution is 2.69. The second-order valence-corrected chi connectivity index (χ2v) is 10.1. The van der Waals surface area contributed by atoms with Crippen molar-refractivity contribution in [3.8, 4) is 23.0 Å². The SMILES string of the molecule is CCOC(=O)Cc1nc2c(c(=O)[nH]1)[C@@H](c1ccccc1)[C@]1(c3ccc(OC)cc3)Oc3cc(OC)cc(OC)c3[C@]21O. The van der Waals surface area contributed by atoms with Crippen LogP contribution in [-0.2, 0) is 27.2 Å². The highest BCUT2D eigenvalue weighted by Gasteiger charge is 2.73. The van der Waals surface area contributed by atoms with Gasteiger partial charge in [-0.2, -0.15) is 0 Å². The molecule has 0 saturated heterocycles. The van der Waals surface area contributed by atoms with Gasteiger partial charge in [-0.25, -0.2) is 4.98 Å². The Labute approximate surface area is 241 Å². The van der Waals surface area contributed by atoms with Crippen LogP contribution in [0.25, 0.3) is 0 Å². The third kappa shape index (κ3) is 3.78. The summed E-state index contributed by atoms with van der Waals surface area (Å²) in [5.74, 6) is 0.329. The van der Waals surface area contributed by atoms with E-state index in [1.807, 2.05) is 30.3 Å². The molecule has 2 heterocycles. The van der Waals surface area contributed by atoms with Gasteiger partial charge in [0.1, 0.15) is 35.2 Å². The molecule has 4 aromatic rings. The number of benzene rings is 3. The third-order valence-corrected chi connectivity index (χ3v) is 7.98. The van der Waals surface area contributed by atoms with Crippen molar-refractivity contribution in [1.82, 2.24) is 9.97 Å². The average Bonchev–Trinajstić information content (AvgIpc) is 3.40. The number of hydrogen-bond acceptors (Lipinski definition) is 9. The van der Waals surface area contributed by atoms with Crippen molar-refractivity contribution in [3.63, 3.8) is 0 Å². The van der Waals surface area contributed by atoms with Crippen molar-refractivity contribution in [3.05, 3.63) is 111 Å². The maximum absolute atomic E-state index is 14.0. The minimum Gasteiger partial charge on any atom is -0.497 e. The highest BCUT2D eigenvalue weighted by atomic mass is 16.5. The first kappa shape index (κ1) is 27.3. The average molecular weight is 571 g/mol. The van der Waals surface area contributed by atoms with Crippen LogP contribution in [0.3, 0.4) is 0 Å². The fourth-order valence-corrected chi connectivity index (χ4v) is 6.31. The molecule has 0 radical (unpaired) electrons. The summed E-state index contributed by atoms with van der Waals surface area (Å²) >= 11 is 0. The van der Waals surface area contributed by atoms with Crippen molar-refractivity contribution in [2.45, 2.75) is 30.5 Å². The maximum atomic E-state index is 14.0. The van der Waals surface area contributed by atoms with E-state index in [-0.39, 0.29) is 35.9 Å². The van der Waals surface area contributed by atoms with E-state index in [9.17, 15) is 14.7 Å². The fraction of sp³-hybridized carbons (Fsp3) is 0.281. The lowest BCUT2D eigenvalue weighted by Gasteiger charge is -2.40.